The van der Waals surface area contributed by atoms with Crippen molar-refractivity contribution in [2.45, 2.75) is 79.1 Å². The average Bonchev–Trinajstić information content (AvgIpc) is 2.56. The minimum absolute atomic E-state index is 1.26. The summed E-state index contributed by atoms with van der Waals surface area (Å²) in [6, 6.07) is 0. The van der Waals surface area contributed by atoms with E-state index in [0.717, 1.165) is 0 Å². The van der Waals surface area contributed by atoms with E-state index in [2.05, 4.69) is 41.8 Å². The van der Waals surface area contributed by atoms with E-state index in [-0.39, 0.29) is 0 Å². The second kappa shape index (κ2) is 12.4. The summed E-state index contributed by atoms with van der Waals surface area (Å²) in [6.07, 6.45) is 11.5. The van der Waals surface area contributed by atoms with Crippen molar-refractivity contribution in [1.29, 1.82) is 0 Å². The van der Waals surface area contributed by atoms with E-state index in [1.54, 1.807) is 0 Å². The molecule has 0 rings (SSSR count). The first-order valence-electron chi connectivity index (χ1n) is 10.1. The lowest BCUT2D eigenvalue weighted by molar-refractivity contribution is -0.906. The van der Waals surface area contributed by atoms with E-state index in [9.17, 15) is 0 Å². The average molecular weight is 315 g/mol. The summed E-state index contributed by atoms with van der Waals surface area (Å²) in [6.45, 7) is 17.2. The van der Waals surface area contributed by atoms with Gasteiger partial charge in [0.1, 0.15) is 0 Å². The summed E-state index contributed by atoms with van der Waals surface area (Å²) >= 11 is 0. The van der Waals surface area contributed by atoms with Crippen LogP contribution in [0.25, 0.3) is 0 Å². The van der Waals surface area contributed by atoms with Gasteiger partial charge in [-0.3, -0.25) is 0 Å². The Kier molecular flexibility index (Phi) is 12.3. The van der Waals surface area contributed by atoms with Gasteiger partial charge >= 0.3 is 0 Å². The lowest BCUT2D eigenvalue weighted by Crippen LogP contribution is -2.44. The van der Waals surface area contributed by atoms with Gasteiger partial charge in [0.25, 0.3) is 0 Å². The fourth-order valence-corrected chi connectivity index (χ4v) is 3.13. The van der Waals surface area contributed by atoms with E-state index in [4.69, 9.17) is 0 Å². The van der Waals surface area contributed by atoms with Crippen molar-refractivity contribution < 1.29 is 8.97 Å². The molecule has 0 radical (unpaired) electrons. The topological polar surface area (TPSA) is 0 Å². The van der Waals surface area contributed by atoms with Crippen LogP contribution in [0.4, 0.5) is 0 Å². The van der Waals surface area contributed by atoms with Gasteiger partial charge in [0.15, 0.2) is 0 Å². The van der Waals surface area contributed by atoms with Gasteiger partial charge in [0.2, 0.25) is 0 Å². The molecule has 0 amide bonds. The Morgan fingerprint density at radius 2 is 0.636 bits per heavy atom. The van der Waals surface area contributed by atoms with Crippen molar-refractivity contribution in [2.24, 2.45) is 0 Å². The molecule has 2 nitrogen and oxygen atoms in total. The summed E-state index contributed by atoms with van der Waals surface area (Å²) in [4.78, 5) is 0. The highest BCUT2D eigenvalue weighted by Gasteiger charge is 2.15. The lowest BCUT2D eigenvalue weighted by Gasteiger charge is -2.32. The number of quaternary nitrogens is 2. The predicted octanol–water partition coefficient (Wildman–Crippen LogP) is 5.08. The summed E-state index contributed by atoms with van der Waals surface area (Å²) < 4.78 is 2.51. The van der Waals surface area contributed by atoms with Crippen molar-refractivity contribution in [3.8, 4) is 0 Å². The van der Waals surface area contributed by atoms with Gasteiger partial charge < -0.3 is 8.97 Å². The molecule has 0 N–H and O–H groups in total. The maximum absolute atomic E-state index is 2.40. The first kappa shape index (κ1) is 21.9. The molecule has 0 fully saturated rings. The molecule has 0 aromatic rings. The minimum atomic E-state index is 1.26. The van der Waals surface area contributed by atoms with E-state index >= 15 is 0 Å². The molecule has 0 aliphatic heterocycles. The molecule has 0 atom stereocenters. The zero-order valence-corrected chi connectivity index (χ0v) is 16.8. The molecule has 0 aromatic heterocycles. The van der Waals surface area contributed by atoms with Crippen molar-refractivity contribution in [1.82, 2.24) is 0 Å². The number of hydrogen-bond donors (Lipinski definition) is 0. The Hall–Kier alpha value is -0.0800. The van der Waals surface area contributed by atoms with E-state index in [1.807, 2.05) is 0 Å². The van der Waals surface area contributed by atoms with Crippen LogP contribution in [0, 0.1) is 0 Å². The summed E-state index contributed by atoms with van der Waals surface area (Å²) in [5.41, 5.74) is 0. The Labute approximate surface area is 142 Å². The second-order valence-corrected chi connectivity index (χ2v) is 7.78. The van der Waals surface area contributed by atoms with Crippen molar-refractivity contribution in [2.75, 3.05) is 53.4 Å². The molecule has 134 valence electrons. The van der Waals surface area contributed by atoms with Crippen LogP contribution in [-0.2, 0) is 0 Å². The normalized spacial score (nSPS) is 12.8. The SMILES string of the molecule is CC[N+](C)(CC)CCCCCCCCCC[N+](C)(CC)CC. The largest absolute Gasteiger partial charge is 0.327 e. The molecule has 0 unspecified atom stereocenters. The van der Waals surface area contributed by atoms with Crippen LogP contribution in [-0.4, -0.2) is 62.3 Å². The number of nitrogens with zero attached hydrogens (tertiary/aromatic N) is 2. The second-order valence-electron chi connectivity index (χ2n) is 7.78. The van der Waals surface area contributed by atoms with Gasteiger partial charge in [-0.15, -0.1) is 0 Å². The molecule has 0 bridgehead atoms. The van der Waals surface area contributed by atoms with Crippen molar-refractivity contribution in [3.05, 3.63) is 0 Å². The summed E-state index contributed by atoms with van der Waals surface area (Å²) in [5, 5.41) is 0. The van der Waals surface area contributed by atoms with Crippen LogP contribution in [0.1, 0.15) is 79.1 Å². The number of unbranched alkanes of at least 4 members (excludes halogenated alkanes) is 7. The lowest BCUT2D eigenvalue weighted by atomic mass is 10.1. The molecule has 0 heterocycles. The number of hydrogen-bond acceptors (Lipinski definition) is 0. The van der Waals surface area contributed by atoms with Crippen LogP contribution in [0.5, 0.6) is 0 Å². The van der Waals surface area contributed by atoms with Gasteiger partial charge in [-0.25, -0.2) is 0 Å². The first-order valence-corrected chi connectivity index (χ1v) is 10.1. The summed E-state index contributed by atoms with van der Waals surface area (Å²) in [7, 11) is 4.80. The third-order valence-electron chi connectivity index (χ3n) is 6.20. The predicted molar refractivity (Wildman–Crippen MR) is 101 cm³/mol. The maximum atomic E-state index is 2.40. The Morgan fingerprint density at radius 3 is 0.864 bits per heavy atom. The smallest absolute Gasteiger partial charge is 0.0784 e. The van der Waals surface area contributed by atoms with Crippen LogP contribution in [0.15, 0.2) is 0 Å². The summed E-state index contributed by atoms with van der Waals surface area (Å²) in [5.74, 6) is 0. The molecular formula is C20H46N2+2. The Bertz CT molecular complexity index is 216. The van der Waals surface area contributed by atoms with E-state index in [1.165, 1.54) is 99.6 Å². The molecule has 2 heteroatoms. The highest BCUT2D eigenvalue weighted by atomic mass is 15.3. The van der Waals surface area contributed by atoms with Gasteiger partial charge in [-0.1, -0.05) is 25.7 Å². The monoisotopic (exact) mass is 314 g/mol. The molecule has 0 aliphatic rings. The zero-order chi connectivity index (χ0) is 16.9. The molecular weight excluding hydrogens is 268 g/mol. The maximum Gasteiger partial charge on any atom is 0.0784 e. The van der Waals surface area contributed by atoms with Gasteiger partial charge in [0.05, 0.1) is 53.4 Å². The van der Waals surface area contributed by atoms with Crippen LogP contribution >= 0.6 is 0 Å². The molecule has 22 heavy (non-hydrogen) atoms. The van der Waals surface area contributed by atoms with Crippen LogP contribution < -0.4 is 0 Å². The fraction of sp³-hybridized carbons (Fsp3) is 1.00. The highest BCUT2D eigenvalue weighted by Crippen LogP contribution is 2.12. The zero-order valence-electron chi connectivity index (χ0n) is 16.8. The molecule has 0 aromatic carbocycles. The van der Waals surface area contributed by atoms with Gasteiger partial charge in [-0.05, 0) is 53.4 Å². The standard InChI is InChI=1S/C20H46N2/c1-7-21(5,8-2)19-17-15-13-11-12-14-16-18-20-22(6,9-3)10-4/h7-20H2,1-6H3/q+2. The molecule has 0 saturated heterocycles. The van der Waals surface area contributed by atoms with Crippen molar-refractivity contribution >= 4 is 0 Å². The quantitative estimate of drug-likeness (QED) is 0.292. The minimum Gasteiger partial charge on any atom is -0.327 e. The molecule has 0 saturated carbocycles. The fourth-order valence-electron chi connectivity index (χ4n) is 3.13. The van der Waals surface area contributed by atoms with E-state index in [0.29, 0.717) is 0 Å². The first-order chi connectivity index (χ1) is 10.4. The van der Waals surface area contributed by atoms with Gasteiger partial charge in [0, 0.05) is 0 Å². The third-order valence-corrected chi connectivity index (χ3v) is 6.20. The van der Waals surface area contributed by atoms with Gasteiger partial charge in [-0.2, -0.15) is 0 Å². The number of rotatable bonds is 15. The third kappa shape index (κ3) is 9.84. The Morgan fingerprint density at radius 1 is 0.409 bits per heavy atom. The molecule has 0 aliphatic carbocycles. The van der Waals surface area contributed by atoms with Crippen LogP contribution in [0.3, 0.4) is 0 Å². The molecule has 0 spiro atoms. The Balaban J connectivity index is 3.41. The highest BCUT2D eigenvalue weighted by molar-refractivity contribution is 4.48. The van der Waals surface area contributed by atoms with E-state index < -0.39 is 0 Å². The van der Waals surface area contributed by atoms with Crippen molar-refractivity contribution in [3.63, 3.8) is 0 Å². The van der Waals surface area contributed by atoms with Crippen LogP contribution in [0.2, 0.25) is 0 Å².